The second-order valence-corrected chi connectivity index (χ2v) is 4.51. The van der Waals surface area contributed by atoms with E-state index in [2.05, 4.69) is 9.97 Å². The Kier molecular flexibility index (Phi) is 2.64. The molecule has 1 fully saturated rings. The van der Waals surface area contributed by atoms with E-state index in [9.17, 15) is 0 Å². The molecule has 1 saturated carbocycles. The molecule has 5 heteroatoms. The molecule has 2 N–H and O–H groups in total. The van der Waals surface area contributed by atoms with Crippen LogP contribution in [0, 0.1) is 0 Å². The van der Waals surface area contributed by atoms with Crippen molar-refractivity contribution in [2.75, 3.05) is 0 Å². The first kappa shape index (κ1) is 10.1. The quantitative estimate of drug-likeness (QED) is 0.813. The van der Waals surface area contributed by atoms with E-state index in [-0.39, 0.29) is 5.54 Å². The molecule has 0 aromatic carbocycles. The lowest BCUT2D eigenvalue weighted by molar-refractivity contribution is 0.607. The molecule has 76 valence electrons. The van der Waals surface area contributed by atoms with Gasteiger partial charge in [-0.15, -0.1) is 0 Å². The van der Waals surface area contributed by atoms with Crippen LogP contribution in [0.5, 0.6) is 0 Å². The van der Waals surface area contributed by atoms with Crippen LogP contribution in [-0.4, -0.2) is 15.5 Å². The summed E-state index contributed by atoms with van der Waals surface area (Å²) in [6.07, 6.45) is 5.21. The Hall–Kier alpha value is -0.380. The number of aromatic nitrogens is 2. The molecular weight excluding hydrogens is 221 g/mol. The molecular formula is C9H11Cl2N3. The second-order valence-electron chi connectivity index (χ2n) is 3.80. The first-order chi connectivity index (χ1) is 6.61. The largest absolute Gasteiger partial charge is 0.325 e. The SMILES string of the molecule is NC1(CCc2c(Cl)ncnc2Cl)CC1. The van der Waals surface area contributed by atoms with Gasteiger partial charge in [-0.05, 0) is 25.7 Å². The summed E-state index contributed by atoms with van der Waals surface area (Å²) in [6.45, 7) is 0. The van der Waals surface area contributed by atoms with E-state index in [1.807, 2.05) is 0 Å². The highest BCUT2D eigenvalue weighted by Crippen LogP contribution is 2.37. The average Bonchev–Trinajstić information content (AvgIpc) is 2.83. The Bertz CT molecular complexity index is 330. The molecule has 14 heavy (non-hydrogen) atoms. The third-order valence-corrected chi connectivity index (χ3v) is 3.26. The van der Waals surface area contributed by atoms with Gasteiger partial charge >= 0.3 is 0 Å². The summed E-state index contributed by atoms with van der Waals surface area (Å²) < 4.78 is 0. The lowest BCUT2D eigenvalue weighted by atomic mass is 10.1. The van der Waals surface area contributed by atoms with Crippen molar-refractivity contribution in [3.63, 3.8) is 0 Å². The van der Waals surface area contributed by atoms with Crippen molar-refractivity contribution in [3.05, 3.63) is 22.2 Å². The normalized spacial score (nSPS) is 18.2. The molecule has 0 spiro atoms. The zero-order chi connectivity index (χ0) is 10.2. The second kappa shape index (κ2) is 3.65. The van der Waals surface area contributed by atoms with Crippen molar-refractivity contribution in [3.8, 4) is 0 Å². The minimum Gasteiger partial charge on any atom is -0.325 e. The zero-order valence-corrected chi connectivity index (χ0v) is 9.15. The Labute approximate surface area is 92.6 Å². The number of hydrogen-bond acceptors (Lipinski definition) is 3. The average molecular weight is 232 g/mol. The highest BCUT2D eigenvalue weighted by Gasteiger charge is 2.37. The van der Waals surface area contributed by atoms with E-state index in [4.69, 9.17) is 28.9 Å². The molecule has 0 aliphatic heterocycles. The van der Waals surface area contributed by atoms with Gasteiger partial charge < -0.3 is 5.73 Å². The van der Waals surface area contributed by atoms with E-state index in [1.54, 1.807) is 0 Å². The molecule has 1 aliphatic carbocycles. The summed E-state index contributed by atoms with van der Waals surface area (Å²) in [5.41, 5.74) is 6.80. The van der Waals surface area contributed by atoms with Gasteiger partial charge in [0.15, 0.2) is 0 Å². The molecule has 2 rings (SSSR count). The molecule has 1 heterocycles. The van der Waals surface area contributed by atoms with E-state index in [1.165, 1.54) is 6.33 Å². The number of nitrogens with zero attached hydrogens (tertiary/aromatic N) is 2. The van der Waals surface area contributed by atoms with Crippen molar-refractivity contribution in [1.29, 1.82) is 0 Å². The Balaban J connectivity index is 2.08. The predicted octanol–water partition coefficient (Wildman–Crippen LogP) is 2.21. The summed E-state index contributed by atoms with van der Waals surface area (Å²) in [4.78, 5) is 7.78. The number of halogens is 2. The predicted molar refractivity (Wildman–Crippen MR) is 56.5 cm³/mol. The first-order valence-corrected chi connectivity index (χ1v) is 5.30. The minimum absolute atomic E-state index is 0.0164. The van der Waals surface area contributed by atoms with Crippen LogP contribution in [0.4, 0.5) is 0 Å². The molecule has 0 unspecified atom stereocenters. The number of rotatable bonds is 3. The molecule has 0 saturated heterocycles. The lowest BCUT2D eigenvalue weighted by Crippen LogP contribution is -2.22. The molecule has 1 aromatic rings. The maximum atomic E-state index is 5.97. The van der Waals surface area contributed by atoms with Gasteiger partial charge in [0.05, 0.1) is 0 Å². The maximum absolute atomic E-state index is 5.97. The molecule has 0 amide bonds. The fraction of sp³-hybridized carbons (Fsp3) is 0.556. The van der Waals surface area contributed by atoms with Crippen molar-refractivity contribution in [2.24, 2.45) is 5.73 Å². The van der Waals surface area contributed by atoms with E-state index in [0.29, 0.717) is 10.3 Å². The molecule has 0 radical (unpaired) electrons. The van der Waals surface area contributed by atoms with Gasteiger partial charge in [-0.2, -0.15) is 0 Å². The number of hydrogen-bond donors (Lipinski definition) is 1. The summed E-state index contributed by atoms with van der Waals surface area (Å²) in [5, 5.41) is 0.878. The van der Waals surface area contributed by atoms with Crippen LogP contribution in [0.3, 0.4) is 0 Å². The smallest absolute Gasteiger partial charge is 0.137 e. The van der Waals surface area contributed by atoms with Gasteiger partial charge in [0.25, 0.3) is 0 Å². The Morgan fingerprint density at radius 3 is 2.36 bits per heavy atom. The topological polar surface area (TPSA) is 51.8 Å². The maximum Gasteiger partial charge on any atom is 0.137 e. The van der Waals surface area contributed by atoms with Crippen molar-refractivity contribution in [1.82, 2.24) is 9.97 Å². The highest BCUT2D eigenvalue weighted by atomic mass is 35.5. The standard InChI is InChI=1S/C9H11Cl2N3/c10-7-6(8(11)14-5-13-7)1-2-9(12)3-4-9/h5H,1-4,12H2. The molecule has 1 aromatic heterocycles. The Morgan fingerprint density at radius 2 is 1.86 bits per heavy atom. The van der Waals surface area contributed by atoms with Crippen LogP contribution in [0.25, 0.3) is 0 Å². The van der Waals surface area contributed by atoms with Crippen LogP contribution in [-0.2, 0) is 6.42 Å². The first-order valence-electron chi connectivity index (χ1n) is 4.54. The summed E-state index contributed by atoms with van der Waals surface area (Å²) in [5.74, 6) is 0. The van der Waals surface area contributed by atoms with Crippen LogP contribution >= 0.6 is 23.2 Å². The zero-order valence-electron chi connectivity index (χ0n) is 7.63. The van der Waals surface area contributed by atoms with Gasteiger partial charge in [-0.3, -0.25) is 0 Å². The molecule has 1 aliphatic rings. The van der Waals surface area contributed by atoms with Crippen molar-refractivity contribution in [2.45, 2.75) is 31.2 Å². The van der Waals surface area contributed by atoms with Crippen LogP contribution in [0.15, 0.2) is 6.33 Å². The summed E-state index contributed by atoms with van der Waals surface area (Å²) in [6, 6.07) is 0. The van der Waals surface area contributed by atoms with E-state index >= 15 is 0 Å². The minimum atomic E-state index is 0.0164. The van der Waals surface area contributed by atoms with E-state index < -0.39 is 0 Å². The van der Waals surface area contributed by atoms with Gasteiger partial charge in [-0.25, -0.2) is 9.97 Å². The number of nitrogens with two attached hydrogens (primary N) is 1. The van der Waals surface area contributed by atoms with Gasteiger partial charge in [0.2, 0.25) is 0 Å². The highest BCUT2D eigenvalue weighted by molar-refractivity contribution is 6.34. The molecule has 0 atom stereocenters. The van der Waals surface area contributed by atoms with Gasteiger partial charge in [0.1, 0.15) is 16.6 Å². The third kappa shape index (κ3) is 2.16. The van der Waals surface area contributed by atoms with Gasteiger partial charge in [-0.1, -0.05) is 23.2 Å². The van der Waals surface area contributed by atoms with Crippen LogP contribution < -0.4 is 5.73 Å². The third-order valence-electron chi connectivity index (χ3n) is 2.61. The molecule has 3 nitrogen and oxygen atoms in total. The fourth-order valence-electron chi connectivity index (χ4n) is 1.36. The van der Waals surface area contributed by atoms with Gasteiger partial charge in [0, 0.05) is 11.1 Å². The van der Waals surface area contributed by atoms with E-state index in [0.717, 1.165) is 31.2 Å². The van der Waals surface area contributed by atoms with Crippen LogP contribution in [0.1, 0.15) is 24.8 Å². The van der Waals surface area contributed by atoms with Crippen molar-refractivity contribution >= 4 is 23.2 Å². The monoisotopic (exact) mass is 231 g/mol. The summed E-state index contributed by atoms with van der Waals surface area (Å²) in [7, 11) is 0. The fourth-order valence-corrected chi connectivity index (χ4v) is 1.87. The molecule has 0 bridgehead atoms. The lowest BCUT2D eigenvalue weighted by Gasteiger charge is -2.09. The van der Waals surface area contributed by atoms with Crippen LogP contribution in [0.2, 0.25) is 10.3 Å². The summed E-state index contributed by atoms with van der Waals surface area (Å²) >= 11 is 11.8. The Morgan fingerprint density at radius 1 is 1.29 bits per heavy atom. The van der Waals surface area contributed by atoms with Crippen molar-refractivity contribution < 1.29 is 0 Å².